The summed E-state index contributed by atoms with van der Waals surface area (Å²) in [5.74, 6) is -0.109. The van der Waals surface area contributed by atoms with Crippen molar-refractivity contribution in [2.24, 2.45) is 5.92 Å². The van der Waals surface area contributed by atoms with Crippen molar-refractivity contribution in [1.29, 1.82) is 0 Å². The Morgan fingerprint density at radius 1 is 1.55 bits per heavy atom. The van der Waals surface area contributed by atoms with Crippen LogP contribution in [0.4, 0.5) is 0 Å². The molecule has 1 aliphatic rings. The Hall–Kier alpha value is -0.570. The van der Waals surface area contributed by atoms with E-state index in [0.717, 1.165) is 13.2 Å². The number of epoxide rings is 1. The second-order valence-electron chi connectivity index (χ2n) is 2.52. The number of ether oxygens (including phenoxy) is 2. The molecule has 0 unspecified atom stereocenters. The highest BCUT2D eigenvalue weighted by atomic mass is 16.6. The Bertz CT molecular complexity index is 105. The van der Waals surface area contributed by atoms with E-state index in [2.05, 4.69) is 9.47 Å². The molecule has 0 aromatic heterocycles. The number of carbonyl (C=O) groups is 1. The Kier molecular flexibility index (Phi) is 5.84. The fourth-order valence-electron chi connectivity index (χ4n) is 0.309. The molecule has 0 aromatic carbocycles. The van der Waals surface area contributed by atoms with E-state index in [1.807, 2.05) is 13.8 Å². The van der Waals surface area contributed by atoms with E-state index in [9.17, 15) is 4.79 Å². The van der Waals surface area contributed by atoms with Gasteiger partial charge in [0, 0.05) is 0 Å². The van der Waals surface area contributed by atoms with Gasteiger partial charge in [-0.05, 0) is 6.92 Å². The Morgan fingerprint density at radius 2 is 2.00 bits per heavy atom. The molecule has 0 atom stereocenters. The fourth-order valence-corrected chi connectivity index (χ4v) is 0.309. The lowest BCUT2D eigenvalue weighted by Gasteiger charge is -2.01. The lowest BCUT2D eigenvalue weighted by Crippen LogP contribution is -2.10. The highest BCUT2D eigenvalue weighted by Crippen LogP contribution is 1.93. The van der Waals surface area contributed by atoms with Gasteiger partial charge in [0.05, 0.1) is 25.7 Å². The Balaban J connectivity index is 0.000000271. The number of hydrogen-bond donors (Lipinski definition) is 0. The van der Waals surface area contributed by atoms with E-state index >= 15 is 0 Å². The summed E-state index contributed by atoms with van der Waals surface area (Å²) >= 11 is 0. The Morgan fingerprint density at radius 3 is 2.09 bits per heavy atom. The lowest BCUT2D eigenvalue weighted by atomic mass is 10.2. The van der Waals surface area contributed by atoms with Gasteiger partial charge in [-0.3, -0.25) is 4.79 Å². The van der Waals surface area contributed by atoms with Crippen LogP contribution >= 0.6 is 0 Å². The number of hydrogen-bond acceptors (Lipinski definition) is 3. The van der Waals surface area contributed by atoms with E-state index in [0.29, 0.717) is 6.61 Å². The molecule has 0 aliphatic carbocycles. The first-order chi connectivity index (χ1) is 5.18. The molecule has 1 rings (SSSR count). The first-order valence-corrected chi connectivity index (χ1v) is 3.92. The minimum atomic E-state index is -0.118. The summed E-state index contributed by atoms with van der Waals surface area (Å²) in [5.41, 5.74) is 0. The first kappa shape index (κ1) is 10.4. The van der Waals surface area contributed by atoms with Crippen LogP contribution in [-0.2, 0) is 14.3 Å². The van der Waals surface area contributed by atoms with Crippen LogP contribution < -0.4 is 0 Å². The van der Waals surface area contributed by atoms with Crippen LogP contribution in [0.5, 0.6) is 0 Å². The predicted octanol–water partition coefficient (Wildman–Crippen LogP) is 1.22. The normalized spacial score (nSPS) is 13.5. The summed E-state index contributed by atoms with van der Waals surface area (Å²) in [4.78, 5) is 10.5. The molecule has 3 heteroatoms. The molecule has 1 fully saturated rings. The largest absolute Gasteiger partial charge is 0.466 e. The number of esters is 1. The van der Waals surface area contributed by atoms with Crippen molar-refractivity contribution >= 4 is 5.97 Å². The monoisotopic (exact) mass is 160 g/mol. The van der Waals surface area contributed by atoms with Crippen molar-refractivity contribution in [1.82, 2.24) is 0 Å². The van der Waals surface area contributed by atoms with E-state index in [-0.39, 0.29) is 11.9 Å². The molecule has 0 bridgehead atoms. The van der Waals surface area contributed by atoms with Gasteiger partial charge in [-0.15, -0.1) is 0 Å². The quantitative estimate of drug-likeness (QED) is 0.450. The molecule has 0 saturated carbocycles. The SMILES string of the molecule is C1CO1.CCOC(=O)C(C)C. The van der Waals surface area contributed by atoms with E-state index in [4.69, 9.17) is 0 Å². The van der Waals surface area contributed by atoms with Gasteiger partial charge < -0.3 is 9.47 Å². The Labute approximate surface area is 67.7 Å². The maximum Gasteiger partial charge on any atom is 0.308 e. The fraction of sp³-hybridized carbons (Fsp3) is 0.875. The topological polar surface area (TPSA) is 38.8 Å². The van der Waals surface area contributed by atoms with E-state index < -0.39 is 0 Å². The van der Waals surface area contributed by atoms with Crippen LogP contribution in [0.2, 0.25) is 0 Å². The van der Waals surface area contributed by atoms with Crippen LogP contribution in [-0.4, -0.2) is 25.8 Å². The molecule has 66 valence electrons. The van der Waals surface area contributed by atoms with Gasteiger partial charge in [-0.1, -0.05) is 13.8 Å². The molecule has 0 radical (unpaired) electrons. The summed E-state index contributed by atoms with van der Waals surface area (Å²) in [5, 5.41) is 0. The third-order valence-electron chi connectivity index (χ3n) is 0.962. The molecular formula is C8H16O3. The smallest absolute Gasteiger partial charge is 0.308 e. The molecule has 0 amide bonds. The molecule has 11 heavy (non-hydrogen) atoms. The molecule has 3 nitrogen and oxygen atoms in total. The second-order valence-corrected chi connectivity index (χ2v) is 2.52. The van der Waals surface area contributed by atoms with Crippen molar-refractivity contribution in [3.05, 3.63) is 0 Å². The first-order valence-electron chi connectivity index (χ1n) is 3.92. The summed E-state index contributed by atoms with van der Waals surface area (Å²) < 4.78 is 9.16. The van der Waals surface area contributed by atoms with Gasteiger partial charge in [-0.25, -0.2) is 0 Å². The van der Waals surface area contributed by atoms with Crippen molar-refractivity contribution in [2.75, 3.05) is 19.8 Å². The van der Waals surface area contributed by atoms with Crippen molar-refractivity contribution < 1.29 is 14.3 Å². The number of carbonyl (C=O) groups excluding carboxylic acids is 1. The van der Waals surface area contributed by atoms with Crippen molar-refractivity contribution in [3.8, 4) is 0 Å². The van der Waals surface area contributed by atoms with Gasteiger partial charge in [-0.2, -0.15) is 0 Å². The van der Waals surface area contributed by atoms with Crippen LogP contribution in [0, 0.1) is 5.92 Å². The second kappa shape index (κ2) is 6.16. The summed E-state index contributed by atoms with van der Waals surface area (Å²) in [6.07, 6.45) is 0. The van der Waals surface area contributed by atoms with Gasteiger partial charge in [0.15, 0.2) is 0 Å². The molecule has 1 aliphatic heterocycles. The maximum absolute atomic E-state index is 10.5. The third kappa shape index (κ3) is 9.43. The zero-order valence-corrected chi connectivity index (χ0v) is 7.42. The molecule has 0 spiro atoms. The van der Waals surface area contributed by atoms with Crippen LogP contribution in [0.25, 0.3) is 0 Å². The molecular weight excluding hydrogens is 144 g/mol. The van der Waals surface area contributed by atoms with E-state index in [1.54, 1.807) is 6.92 Å². The minimum Gasteiger partial charge on any atom is -0.466 e. The lowest BCUT2D eigenvalue weighted by molar-refractivity contribution is -0.146. The van der Waals surface area contributed by atoms with Crippen LogP contribution in [0.3, 0.4) is 0 Å². The standard InChI is InChI=1S/C6H12O2.C2H4O/c1-4-8-6(7)5(2)3;1-2-3-1/h5H,4H2,1-3H3;1-2H2. The zero-order valence-electron chi connectivity index (χ0n) is 7.42. The predicted molar refractivity (Wildman–Crippen MR) is 42.3 cm³/mol. The molecule has 0 aromatic rings. The van der Waals surface area contributed by atoms with Crippen molar-refractivity contribution in [3.63, 3.8) is 0 Å². The highest BCUT2D eigenvalue weighted by molar-refractivity contribution is 5.71. The van der Waals surface area contributed by atoms with Gasteiger partial charge in [0.25, 0.3) is 0 Å². The summed E-state index contributed by atoms with van der Waals surface area (Å²) in [7, 11) is 0. The average molecular weight is 160 g/mol. The van der Waals surface area contributed by atoms with Gasteiger partial charge >= 0.3 is 5.97 Å². The average Bonchev–Trinajstić information content (AvgIpc) is 2.72. The molecule has 1 heterocycles. The van der Waals surface area contributed by atoms with Gasteiger partial charge in [0.2, 0.25) is 0 Å². The minimum absolute atomic E-state index is 0.00921. The maximum atomic E-state index is 10.5. The van der Waals surface area contributed by atoms with Crippen molar-refractivity contribution in [2.45, 2.75) is 20.8 Å². The summed E-state index contributed by atoms with van der Waals surface area (Å²) in [6, 6.07) is 0. The molecule has 1 saturated heterocycles. The van der Waals surface area contributed by atoms with Crippen LogP contribution in [0.1, 0.15) is 20.8 Å². The number of rotatable bonds is 2. The highest BCUT2D eigenvalue weighted by Gasteiger charge is 2.04. The van der Waals surface area contributed by atoms with Crippen LogP contribution in [0.15, 0.2) is 0 Å². The third-order valence-corrected chi connectivity index (χ3v) is 0.962. The van der Waals surface area contributed by atoms with Gasteiger partial charge in [0.1, 0.15) is 0 Å². The molecule has 0 N–H and O–H groups in total. The zero-order chi connectivity index (χ0) is 8.69. The summed E-state index contributed by atoms with van der Waals surface area (Å²) in [6.45, 7) is 7.92. The van der Waals surface area contributed by atoms with E-state index in [1.165, 1.54) is 0 Å².